The van der Waals surface area contributed by atoms with E-state index in [1.165, 1.54) is 16.7 Å². The lowest BCUT2D eigenvalue weighted by Gasteiger charge is -2.32. The second kappa shape index (κ2) is 8.89. The molecule has 4 N–H and O–H groups in total. The van der Waals surface area contributed by atoms with Crippen molar-refractivity contribution in [2.24, 2.45) is 5.92 Å². The number of carbonyl (C=O) groups excluding carboxylic acids is 2. The van der Waals surface area contributed by atoms with Gasteiger partial charge in [0.15, 0.2) is 17.0 Å². The fourth-order valence-electron chi connectivity index (χ4n) is 3.96. The van der Waals surface area contributed by atoms with Crippen molar-refractivity contribution in [1.82, 2.24) is 24.4 Å². The molecule has 178 valence electrons. The van der Waals surface area contributed by atoms with Gasteiger partial charge in [-0.1, -0.05) is 13.8 Å². The number of morpholine rings is 1. The van der Waals surface area contributed by atoms with E-state index in [-0.39, 0.29) is 40.9 Å². The van der Waals surface area contributed by atoms with Crippen LogP contribution in [0.1, 0.15) is 49.5 Å². The van der Waals surface area contributed by atoms with Crippen LogP contribution in [0.3, 0.4) is 0 Å². The first-order chi connectivity index (χ1) is 15.7. The molecule has 33 heavy (non-hydrogen) atoms. The van der Waals surface area contributed by atoms with Crippen LogP contribution in [0.5, 0.6) is 5.88 Å². The van der Waals surface area contributed by atoms with E-state index in [0.717, 1.165) is 17.4 Å². The first kappa shape index (κ1) is 22.8. The number of anilines is 1. The number of nitrogen functional groups attached to an aromatic ring is 1. The van der Waals surface area contributed by atoms with Gasteiger partial charge in [-0.25, -0.2) is 0 Å². The second-order valence-electron chi connectivity index (χ2n) is 9.08. The molecule has 0 unspecified atom stereocenters. The van der Waals surface area contributed by atoms with E-state index in [1.807, 2.05) is 20.8 Å². The number of nitrogens with two attached hydrogens (primary N) is 1. The summed E-state index contributed by atoms with van der Waals surface area (Å²) >= 11 is 0. The van der Waals surface area contributed by atoms with Crippen LogP contribution < -0.4 is 16.6 Å². The molecule has 0 aromatic carbocycles. The maximum absolute atomic E-state index is 13.1. The normalized spacial score (nSPS) is 19.0. The minimum absolute atomic E-state index is 0.0142. The number of aromatic hydroxyl groups is 1. The second-order valence-corrected chi connectivity index (χ2v) is 9.08. The van der Waals surface area contributed by atoms with Gasteiger partial charge in [0, 0.05) is 25.2 Å². The molecule has 2 aliphatic rings. The molecule has 1 saturated carbocycles. The van der Waals surface area contributed by atoms with Crippen molar-refractivity contribution >= 4 is 29.4 Å². The highest BCUT2D eigenvalue weighted by Gasteiger charge is 2.30. The number of nitrogens with one attached hydrogen (secondary N) is 1. The van der Waals surface area contributed by atoms with Crippen molar-refractivity contribution in [3.05, 3.63) is 27.6 Å². The molecule has 1 aliphatic carbocycles. The molecular formula is C22H30N6O5. The van der Waals surface area contributed by atoms with E-state index >= 15 is 0 Å². The summed E-state index contributed by atoms with van der Waals surface area (Å²) in [5, 5.41) is 17.9. The van der Waals surface area contributed by atoms with Crippen LogP contribution in [-0.4, -0.2) is 67.8 Å². The van der Waals surface area contributed by atoms with E-state index in [4.69, 9.17) is 10.5 Å². The summed E-state index contributed by atoms with van der Waals surface area (Å²) in [5.74, 6) is -1.20. The summed E-state index contributed by atoms with van der Waals surface area (Å²) in [4.78, 5) is 40.3. The Hall–Kier alpha value is -3.34. The standard InChI is InChI=1S/C22H30N6O5/c1-12(2)10-27-20-15(6-7-16(29)26-8-9-33-11-13(26)3)18(23)25-28(20)22(32)17(21(27)31)19(30)24-14-4-5-14/h6-7,12-14,31H,4-5,8-11H2,1-3H3,(H2,23,25)(H,24,30)/b7-6+/t13-/m1/s1. The molecule has 3 heterocycles. The molecule has 1 aliphatic heterocycles. The van der Waals surface area contributed by atoms with Gasteiger partial charge in [-0.2, -0.15) is 4.52 Å². The van der Waals surface area contributed by atoms with Crippen LogP contribution in [0.2, 0.25) is 0 Å². The van der Waals surface area contributed by atoms with Crippen LogP contribution in [0.4, 0.5) is 5.82 Å². The highest BCUT2D eigenvalue weighted by molar-refractivity contribution is 5.97. The minimum atomic E-state index is -0.764. The van der Waals surface area contributed by atoms with E-state index in [1.54, 1.807) is 4.90 Å². The molecule has 11 nitrogen and oxygen atoms in total. The van der Waals surface area contributed by atoms with Gasteiger partial charge in [0.2, 0.25) is 11.8 Å². The molecule has 1 saturated heterocycles. The van der Waals surface area contributed by atoms with Gasteiger partial charge >= 0.3 is 0 Å². The number of hydrogen-bond donors (Lipinski definition) is 3. The van der Waals surface area contributed by atoms with Crippen molar-refractivity contribution in [2.75, 3.05) is 25.5 Å². The molecule has 2 amide bonds. The maximum atomic E-state index is 13.1. The lowest BCUT2D eigenvalue weighted by atomic mass is 10.2. The summed E-state index contributed by atoms with van der Waals surface area (Å²) in [5.41, 5.74) is 5.54. The zero-order valence-corrected chi connectivity index (χ0v) is 19.1. The van der Waals surface area contributed by atoms with Crippen molar-refractivity contribution in [3.8, 4) is 5.88 Å². The number of fused-ring (bicyclic) bond motifs is 1. The van der Waals surface area contributed by atoms with Gasteiger partial charge in [-0.05, 0) is 31.8 Å². The Balaban J connectivity index is 1.80. The SMILES string of the molecule is CC(C)Cn1c(O)c(C(=O)NC2CC2)c(=O)n2nc(N)c(/C=C/C(=O)N3CCOC[C@H]3C)c12. The smallest absolute Gasteiger partial charge is 0.291 e. The summed E-state index contributed by atoms with van der Waals surface area (Å²) < 4.78 is 7.86. The molecule has 2 fully saturated rings. The summed E-state index contributed by atoms with van der Waals surface area (Å²) in [6.07, 6.45) is 4.56. The lowest BCUT2D eigenvalue weighted by molar-refractivity contribution is -0.133. The van der Waals surface area contributed by atoms with Crippen molar-refractivity contribution in [1.29, 1.82) is 0 Å². The number of hydrogen-bond acceptors (Lipinski definition) is 7. The third-order valence-electron chi connectivity index (χ3n) is 5.80. The van der Waals surface area contributed by atoms with Crippen LogP contribution in [-0.2, 0) is 16.1 Å². The number of aromatic nitrogens is 3. The van der Waals surface area contributed by atoms with Crippen molar-refractivity contribution in [3.63, 3.8) is 0 Å². The first-order valence-electron chi connectivity index (χ1n) is 11.2. The Labute approximate surface area is 190 Å². The highest BCUT2D eigenvalue weighted by atomic mass is 16.5. The molecular weight excluding hydrogens is 428 g/mol. The molecule has 0 spiro atoms. The summed E-state index contributed by atoms with van der Waals surface area (Å²) in [6, 6.07) is -0.0480. The fraction of sp³-hybridized carbons (Fsp3) is 0.545. The molecule has 11 heteroatoms. The number of amides is 2. The molecule has 0 radical (unpaired) electrons. The Kier molecular flexibility index (Phi) is 6.15. The van der Waals surface area contributed by atoms with Gasteiger partial charge < -0.3 is 25.8 Å². The number of ether oxygens (including phenoxy) is 1. The van der Waals surface area contributed by atoms with E-state index in [2.05, 4.69) is 10.4 Å². The highest BCUT2D eigenvalue weighted by Crippen LogP contribution is 2.27. The number of nitrogens with zero attached hydrogens (tertiary/aromatic N) is 4. The third-order valence-corrected chi connectivity index (χ3v) is 5.80. The van der Waals surface area contributed by atoms with Crippen molar-refractivity contribution in [2.45, 2.75) is 52.2 Å². The minimum Gasteiger partial charge on any atom is -0.494 e. The predicted octanol–water partition coefficient (Wildman–Crippen LogP) is 0.593. The van der Waals surface area contributed by atoms with Crippen LogP contribution in [0.25, 0.3) is 11.7 Å². The van der Waals surface area contributed by atoms with Gasteiger partial charge in [-0.15, -0.1) is 5.10 Å². The van der Waals surface area contributed by atoms with Gasteiger partial charge in [0.1, 0.15) is 0 Å². The average Bonchev–Trinajstić information content (AvgIpc) is 3.50. The molecule has 2 aromatic heterocycles. The Morgan fingerprint density at radius 2 is 2.09 bits per heavy atom. The van der Waals surface area contributed by atoms with Crippen LogP contribution in [0.15, 0.2) is 10.9 Å². The first-order valence-corrected chi connectivity index (χ1v) is 11.2. The predicted molar refractivity (Wildman–Crippen MR) is 122 cm³/mol. The van der Waals surface area contributed by atoms with Gasteiger partial charge in [0.25, 0.3) is 11.5 Å². The van der Waals surface area contributed by atoms with Crippen molar-refractivity contribution < 1.29 is 19.4 Å². The Morgan fingerprint density at radius 3 is 2.73 bits per heavy atom. The number of rotatable bonds is 6. The fourth-order valence-corrected chi connectivity index (χ4v) is 3.96. The average molecular weight is 459 g/mol. The largest absolute Gasteiger partial charge is 0.494 e. The molecule has 2 aromatic rings. The van der Waals surface area contributed by atoms with Gasteiger partial charge in [0.05, 0.1) is 24.8 Å². The quantitative estimate of drug-likeness (QED) is 0.538. The van der Waals surface area contributed by atoms with Crippen LogP contribution >= 0.6 is 0 Å². The monoisotopic (exact) mass is 458 g/mol. The summed E-state index contributed by atoms with van der Waals surface area (Å²) in [7, 11) is 0. The van der Waals surface area contributed by atoms with E-state index in [0.29, 0.717) is 31.9 Å². The van der Waals surface area contributed by atoms with Crippen LogP contribution in [0, 0.1) is 5.92 Å². The van der Waals surface area contributed by atoms with E-state index < -0.39 is 17.3 Å². The summed E-state index contributed by atoms with van der Waals surface area (Å²) in [6.45, 7) is 7.50. The zero-order valence-electron chi connectivity index (χ0n) is 19.1. The Bertz CT molecular complexity index is 1180. The topological polar surface area (TPSA) is 144 Å². The zero-order chi connectivity index (χ0) is 23.9. The van der Waals surface area contributed by atoms with E-state index in [9.17, 15) is 19.5 Å². The molecule has 1 atom stereocenters. The number of carbonyl (C=O) groups is 2. The molecule has 4 rings (SSSR count). The third kappa shape index (κ3) is 4.45. The Morgan fingerprint density at radius 1 is 1.36 bits per heavy atom. The molecule has 0 bridgehead atoms. The maximum Gasteiger partial charge on any atom is 0.291 e. The van der Waals surface area contributed by atoms with Gasteiger partial charge in [-0.3, -0.25) is 19.0 Å². The lowest BCUT2D eigenvalue weighted by Crippen LogP contribution is -2.46.